The highest BCUT2D eigenvalue weighted by molar-refractivity contribution is 5.99. The van der Waals surface area contributed by atoms with Crippen molar-refractivity contribution < 1.29 is 9.21 Å². The SMILES string of the molecule is O=C1c2oc3ccccc3c(=O)c2C(c2cccnc2)N1Cc1ccccc1. The molecular weight excluding hydrogens is 352 g/mol. The fourth-order valence-electron chi connectivity index (χ4n) is 3.79. The predicted molar refractivity (Wildman–Crippen MR) is 105 cm³/mol. The Balaban J connectivity index is 1.74. The van der Waals surface area contributed by atoms with Gasteiger partial charge in [-0.25, -0.2) is 0 Å². The van der Waals surface area contributed by atoms with Crippen molar-refractivity contribution in [1.29, 1.82) is 0 Å². The van der Waals surface area contributed by atoms with E-state index in [0.29, 0.717) is 23.1 Å². The highest BCUT2D eigenvalue weighted by Crippen LogP contribution is 2.38. The highest BCUT2D eigenvalue weighted by Gasteiger charge is 2.42. The van der Waals surface area contributed by atoms with Gasteiger partial charge in [-0.15, -0.1) is 0 Å². The van der Waals surface area contributed by atoms with E-state index in [9.17, 15) is 9.59 Å². The van der Waals surface area contributed by atoms with Gasteiger partial charge in [0, 0.05) is 18.9 Å². The van der Waals surface area contributed by atoms with E-state index in [1.54, 1.807) is 47.6 Å². The van der Waals surface area contributed by atoms with E-state index in [2.05, 4.69) is 4.98 Å². The third kappa shape index (κ3) is 2.52. The van der Waals surface area contributed by atoms with Crippen LogP contribution >= 0.6 is 0 Å². The predicted octanol–water partition coefficient (Wildman–Crippen LogP) is 3.93. The molecule has 0 bridgehead atoms. The van der Waals surface area contributed by atoms with Crippen molar-refractivity contribution >= 4 is 16.9 Å². The molecule has 4 aromatic rings. The average molecular weight is 368 g/mol. The molecule has 28 heavy (non-hydrogen) atoms. The molecule has 1 atom stereocenters. The molecule has 2 aromatic carbocycles. The van der Waals surface area contributed by atoms with Gasteiger partial charge in [0.2, 0.25) is 5.76 Å². The quantitative estimate of drug-likeness (QED) is 0.550. The number of benzene rings is 2. The van der Waals surface area contributed by atoms with Gasteiger partial charge in [0.1, 0.15) is 5.58 Å². The Bertz CT molecular complexity index is 1230. The van der Waals surface area contributed by atoms with Crippen molar-refractivity contribution in [3.8, 4) is 0 Å². The number of carbonyl (C=O) groups is 1. The van der Waals surface area contributed by atoms with Gasteiger partial charge in [-0.05, 0) is 29.3 Å². The summed E-state index contributed by atoms with van der Waals surface area (Å²) < 4.78 is 5.91. The molecule has 0 N–H and O–H groups in total. The zero-order valence-corrected chi connectivity index (χ0v) is 14.9. The molecule has 0 saturated heterocycles. The average Bonchev–Trinajstić information content (AvgIpc) is 3.02. The maximum atomic E-state index is 13.3. The van der Waals surface area contributed by atoms with E-state index in [0.717, 1.165) is 11.1 Å². The van der Waals surface area contributed by atoms with Crippen molar-refractivity contribution in [2.75, 3.05) is 0 Å². The summed E-state index contributed by atoms with van der Waals surface area (Å²) in [6.45, 7) is 0.374. The number of amides is 1. The van der Waals surface area contributed by atoms with Crippen LogP contribution in [0, 0.1) is 0 Å². The van der Waals surface area contributed by atoms with Crippen LogP contribution in [0.25, 0.3) is 11.0 Å². The van der Waals surface area contributed by atoms with E-state index < -0.39 is 6.04 Å². The number of hydrogen-bond donors (Lipinski definition) is 0. The summed E-state index contributed by atoms with van der Waals surface area (Å²) in [6.07, 6.45) is 3.37. The molecule has 0 spiro atoms. The van der Waals surface area contributed by atoms with Gasteiger partial charge >= 0.3 is 0 Å². The second kappa shape index (κ2) is 6.46. The number of nitrogens with zero attached hydrogens (tertiary/aromatic N) is 2. The van der Waals surface area contributed by atoms with Gasteiger partial charge < -0.3 is 9.32 Å². The van der Waals surface area contributed by atoms with E-state index in [1.807, 2.05) is 36.4 Å². The molecule has 5 heteroatoms. The van der Waals surface area contributed by atoms with Crippen LogP contribution in [0.1, 0.15) is 33.3 Å². The number of rotatable bonds is 3. The summed E-state index contributed by atoms with van der Waals surface area (Å²) in [7, 11) is 0. The minimum absolute atomic E-state index is 0.119. The topological polar surface area (TPSA) is 63.4 Å². The molecule has 1 unspecified atom stereocenters. The maximum Gasteiger partial charge on any atom is 0.291 e. The first kappa shape index (κ1) is 16.4. The molecule has 1 amide bonds. The Hall–Kier alpha value is -3.73. The molecule has 0 aliphatic carbocycles. The van der Waals surface area contributed by atoms with E-state index in [4.69, 9.17) is 4.42 Å². The van der Waals surface area contributed by atoms with Crippen molar-refractivity contribution in [1.82, 2.24) is 9.88 Å². The van der Waals surface area contributed by atoms with E-state index in [1.165, 1.54) is 0 Å². The monoisotopic (exact) mass is 368 g/mol. The third-order valence-electron chi connectivity index (χ3n) is 5.07. The summed E-state index contributed by atoms with van der Waals surface area (Å²) in [5.41, 5.74) is 2.40. The van der Waals surface area contributed by atoms with Crippen LogP contribution in [0.15, 0.2) is 88.3 Å². The van der Waals surface area contributed by atoms with Crippen molar-refractivity contribution in [3.05, 3.63) is 112 Å². The summed E-state index contributed by atoms with van der Waals surface area (Å²) in [5, 5.41) is 0.476. The number of pyridine rings is 1. The molecule has 0 radical (unpaired) electrons. The summed E-state index contributed by atoms with van der Waals surface area (Å²) >= 11 is 0. The van der Waals surface area contributed by atoms with Crippen LogP contribution < -0.4 is 5.43 Å². The zero-order valence-electron chi connectivity index (χ0n) is 14.9. The van der Waals surface area contributed by atoms with Crippen molar-refractivity contribution in [3.63, 3.8) is 0 Å². The van der Waals surface area contributed by atoms with Gasteiger partial charge in [0.25, 0.3) is 5.91 Å². The fraction of sp³-hybridized carbons (Fsp3) is 0.0870. The Kier molecular flexibility index (Phi) is 3.79. The van der Waals surface area contributed by atoms with Gasteiger partial charge in [-0.1, -0.05) is 48.5 Å². The standard InChI is InChI=1S/C23H16N2O3/c26-21-17-10-4-5-11-18(17)28-22-19(21)20(16-9-6-12-24-13-16)25(23(22)27)14-15-7-2-1-3-8-15/h1-13,20H,14H2. The lowest BCUT2D eigenvalue weighted by Gasteiger charge is -2.25. The van der Waals surface area contributed by atoms with Gasteiger partial charge in [-0.3, -0.25) is 14.6 Å². The maximum absolute atomic E-state index is 13.3. The lowest BCUT2D eigenvalue weighted by atomic mass is 9.99. The van der Waals surface area contributed by atoms with Crippen molar-refractivity contribution in [2.24, 2.45) is 0 Å². The Morgan fingerprint density at radius 1 is 0.929 bits per heavy atom. The van der Waals surface area contributed by atoms with Gasteiger partial charge in [0.05, 0.1) is 17.0 Å². The number of hydrogen-bond acceptors (Lipinski definition) is 4. The van der Waals surface area contributed by atoms with E-state index >= 15 is 0 Å². The summed E-state index contributed by atoms with van der Waals surface area (Å²) in [5.74, 6) is -0.163. The summed E-state index contributed by atoms with van der Waals surface area (Å²) in [6, 6.07) is 19.9. The molecule has 0 saturated carbocycles. The fourth-order valence-corrected chi connectivity index (χ4v) is 3.79. The minimum Gasteiger partial charge on any atom is -0.450 e. The minimum atomic E-state index is -0.530. The number of para-hydroxylation sites is 1. The molecule has 136 valence electrons. The van der Waals surface area contributed by atoms with Crippen LogP contribution in [0.4, 0.5) is 0 Å². The molecule has 1 aliphatic heterocycles. The molecule has 5 nitrogen and oxygen atoms in total. The highest BCUT2D eigenvalue weighted by atomic mass is 16.3. The second-order valence-corrected chi connectivity index (χ2v) is 6.78. The van der Waals surface area contributed by atoms with Crippen LogP contribution in [0.5, 0.6) is 0 Å². The normalized spacial score (nSPS) is 15.8. The number of fused-ring (bicyclic) bond motifs is 2. The lowest BCUT2D eigenvalue weighted by Crippen LogP contribution is -2.29. The Morgan fingerprint density at radius 2 is 1.71 bits per heavy atom. The van der Waals surface area contributed by atoms with Crippen LogP contribution in [-0.4, -0.2) is 15.8 Å². The first-order valence-corrected chi connectivity index (χ1v) is 9.04. The zero-order chi connectivity index (χ0) is 19.1. The van der Waals surface area contributed by atoms with Crippen molar-refractivity contribution in [2.45, 2.75) is 12.6 Å². The van der Waals surface area contributed by atoms with Crippen LogP contribution in [-0.2, 0) is 6.54 Å². The first-order valence-electron chi connectivity index (χ1n) is 9.04. The van der Waals surface area contributed by atoms with Gasteiger partial charge in [-0.2, -0.15) is 0 Å². The number of carbonyl (C=O) groups excluding carboxylic acids is 1. The molecule has 0 fully saturated rings. The molecule has 5 rings (SSSR count). The Morgan fingerprint density at radius 3 is 2.50 bits per heavy atom. The lowest BCUT2D eigenvalue weighted by molar-refractivity contribution is 0.0714. The Labute approximate surface area is 160 Å². The van der Waals surface area contributed by atoms with Crippen LogP contribution in [0.2, 0.25) is 0 Å². The molecule has 1 aliphatic rings. The van der Waals surface area contributed by atoms with Crippen LogP contribution in [0.3, 0.4) is 0 Å². The van der Waals surface area contributed by atoms with E-state index in [-0.39, 0.29) is 17.1 Å². The third-order valence-corrected chi connectivity index (χ3v) is 5.07. The second-order valence-electron chi connectivity index (χ2n) is 6.78. The molecule has 2 aromatic heterocycles. The first-order chi connectivity index (χ1) is 13.7. The smallest absolute Gasteiger partial charge is 0.291 e. The number of aromatic nitrogens is 1. The van der Waals surface area contributed by atoms with Gasteiger partial charge in [0.15, 0.2) is 5.43 Å². The molecular formula is C23H16N2O3. The molecule has 3 heterocycles. The summed E-state index contributed by atoms with van der Waals surface area (Å²) in [4.78, 5) is 32.4. The largest absolute Gasteiger partial charge is 0.450 e.